The Morgan fingerprint density at radius 3 is 2.89 bits per heavy atom. The van der Waals surface area contributed by atoms with Crippen LogP contribution in [0.1, 0.15) is 38.3 Å². The van der Waals surface area contributed by atoms with Crippen molar-refractivity contribution in [2.24, 2.45) is 10.9 Å². The van der Waals surface area contributed by atoms with Crippen molar-refractivity contribution in [3.63, 3.8) is 0 Å². The van der Waals surface area contributed by atoms with Gasteiger partial charge in [-0.15, -0.1) is 0 Å². The molecule has 2 heterocycles. The number of nitrogens with zero attached hydrogens (tertiary/aromatic N) is 2. The molecule has 0 aromatic heterocycles. The minimum atomic E-state index is 0.237. The van der Waals surface area contributed by atoms with Gasteiger partial charge in [0, 0.05) is 44.2 Å². The Morgan fingerprint density at radius 2 is 2.19 bits per heavy atom. The third-order valence-corrected chi connectivity index (χ3v) is 5.42. The second-order valence-corrected chi connectivity index (χ2v) is 7.49. The van der Waals surface area contributed by atoms with E-state index < -0.39 is 0 Å². The van der Waals surface area contributed by atoms with Gasteiger partial charge in [0.25, 0.3) is 0 Å². The average Bonchev–Trinajstić information content (AvgIpc) is 3.27. The van der Waals surface area contributed by atoms with E-state index in [0.29, 0.717) is 19.1 Å². The predicted octanol–water partition coefficient (Wildman–Crippen LogP) is 2.42. The number of hydrogen-bond acceptors (Lipinski definition) is 4. The monoisotopic (exact) mass is 374 g/mol. The topological polar surface area (TPSA) is 58.1 Å². The molecule has 0 amide bonds. The highest BCUT2D eigenvalue weighted by molar-refractivity contribution is 5.79. The van der Waals surface area contributed by atoms with Crippen LogP contribution in [0.5, 0.6) is 11.5 Å². The number of ether oxygens (including phenoxy) is 2. The zero-order chi connectivity index (χ0) is 19.2. The fourth-order valence-electron chi connectivity index (χ4n) is 3.92. The van der Waals surface area contributed by atoms with Crippen LogP contribution in [-0.4, -0.2) is 56.8 Å². The first-order valence-corrected chi connectivity index (χ1v) is 10.2. The molecule has 1 aromatic carbocycles. The van der Waals surface area contributed by atoms with Crippen molar-refractivity contribution < 1.29 is 9.47 Å². The molecule has 2 N–H and O–H groups in total. The van der Waals surface area contributed by atoms with Gasteiger partial charge in [0.1, 0.15) is 17.6 Å². The van der Waals surface area contributed by atoms with Crippen LogP contribution in [0.2, 0.25) is 0 Å². The second kappa shape index (κ2) is 9.31. The number of benzene rings is 1. The van der Waals surface area contributed by atoms with Crippen LogP contribution in [0.4, 0.5) is 0 Å². The first-order chi connectivity index (χ1) is 13.1. The highest BCUT2D eigenvalue weighted by Crippen LogP contribution is 2.35. The van der Waals surface area contributed by atoms with E-state index in [1.807, 2.05) is 14.0 Å². The van der Waals surface area contributed by atoms with Crippen molar-refractivity contribution >= 4 is 5.96 Å². The smallest absolute Gasteiger partial charge is 0.191 e. The minimum absolute atomic E-state index is 0.237. The van der Waals surface area contributed by atoms with E-state index in [4.69, 9.17) is 9.47 Å². The molecule has 2 aliphatic heterocycles. The molecule has 27 heavy (non-hydrogen) atoms. The molecule has 6 nitrogen and oxygen atoms in total. The van der Waals surface area contributed by atoms with Crippen LogP contribution in [0.15, 0.2) is 17.1 Å². The standard InChI is InChI=1S/C21H34N4O2/c1-5-25-8-7-16(14-25)12-23-21(22-4)24-13-18-11-20-17(9-15(3)27-20)10-19(18)26-6-2/h10-11,15-16H,5-9,12-14H2,1-4H3,(H2,22,23,24). The largest absolute Gasteiger partial charge is 0.494 e. The fraction of sp³-hybridized carbons (Fsp3) is 0.667. The Hall–Kier alpha value is -1.95. The summed E-state index contributed by atoms with van der Waals surface area (Å²) in [6.07, 6.45) is 2.44. The van der Waals surface area contributed by atoms with Crippen molar-refractivity contribution in [3.05, 3.63) is 23.3 Å². The van der Waals surface area contributed by atoms with Crippen LogP contribution in [-0.2, 0) is 13.0 Å². The Labute approximate surface area is 163 Å². The van der Waals surface area contributed by atoms with Gasteiger partial charge in [0.2, 0.25) is 0 Å². The number of hydrogen-bond donors (Lipinski definition) is 2. The average molecular weight is 375 g/mol. The normalized spacial score (nSPS) is 22.4. The maximum atomic E-state index is 5.92. The van der Waals surface area contributed by atoms with Crippen LogP contribution in [0.25, 0.3) is 0 Å². The Morgan fingerprint density at radius 1 is 1.33 bits per heavy atom. The maximum Gasteiger partial charge on any atom is 0.191 e. The van der Waals surface area contributed by atoms with Gasteiger partial charge in [-0.1, -0.05) is 6.92 Å². The van der Waals surface area contributed by atoms with E-state index in [-0.39, 0.29) is 6.10 Å². The van der Waals surface area contributed by atoms with E-state index in [2.05, 4.69) is 46.5 Å². The summed E-state index contributed by atoms with van der Waals surface area (Å²) in [5.74, 6) is 3.45. The molecule has 2 unspecified atom stereocenters. The van der Waals surface area contributed by atoms with E-state index in [1.165, 1.54) is 25.1 Å². The summed E-state index contributed by atoms with van der Waals surface area (Å²) >= 11 is 0. The zero-order valence-electron chi connectivity index (χ0n) is 17.2. The first kappa shape index (κ1) is 19.8. The molecule has 150 valence electrons. The quantitative estimate of drug-likeness (QED) is 0.567. The van der Waals surface area contributed by atoms with Crippen LogP contribution in [0, 0.1) is 5.92 Å². The lowest BCUT2D eigenvalue weighted by Gasteiger charge is -2.18. The van der Waals surface area contributed by atoms with Gasteiger partial charge in [0.15, 0.2) is 5.96 Å². The lowest BCUT2D eigenvalue weighted by atomic mass is 10.1. The zero-order valence-corrected chi connectivity index (χ0v) is 17.2. The first-order valence-electron chi connectivity index (χ1n) is 10.2. The molecule has 1 fully saturated rings. The summed E-state index contributed by atoms with van der Waals surface area (Å²) in [7, 11) is 1.82. The summed E-state index contributed by atoms with van der Waals surface area (Å²) in [6.45, 7) is 12.2. The molecule has 2 aliphatic rings. The maximum absolute atomic E-state index is 5.92. The van der Waals surface area contributed by atoms with Gasteiger partial charge >= 0.3 is 0 Å². The Balaban J connectivity index is 1.57. The number of aliphatic imine (C=N–C) groups is 1. The van der Waals surface area contributed by atoms with Gasteiger partial charge in [-0.2, -0.15) is 0 Å². The van der Waals surface area contributed by atoms with Crippen molar-refractivity contribution in [1.29, 1.82) is 0 Å². The molecule has 0 aliphatic carbocycles. The third kappa shape index (κ3) is 5.06. The summed E-state index contributed by atoms with van der Waals surface area (Å²) in [5.41, 5.74) is 2.34. The molecule has 1 saturated heterocycles. The van der Waals surface area contributed by atoms with E-state index >= 15 is 0 Å². The number of fused-ring (bicyclic) bond motifs is 1. The second-order valence-electron chi connectivity index (χ2n) is 7.49. The fourth-order valence-corrected chi connectivity index (χ4v) is 3.92. The summed E-state index contributed by atoms with van der Waals surface area (Å²) < 4.78 is 11.8. The van der Waals surface area contributed by atoms with Crippen molar-refractivity contribution in [3.8, 4) is 11.5 Å². The van der Waals surface area contributed by atoms with Crippen molar-refractivity contribution in [2.75, 3.05) is 39.8 Å². The molecule has 2 atom stereocenters. The third-order valence-electron chi connectivity index (χ3n) is 5.42. The summed E-state index contributed by atoms with van der Waals surface area (Å²) in [4.78, 5) is 6.87. The molecule has 3 rings (SSSR count). The van der Waals surface area contributed by atoms with Crippen LogP contribution < -0.4 is 20.1 Å². The van der Waals surface area contributed by atoms with Crippen LogP contribution >= 0.6 is 0 Å². The SMILES string of the molecule is CCOc1cc2c(cc1CNC(=NC)NCC1CCN(CC)C1)OC(C)C2. The highest BCUT2D eigenvalue weighted by Gasteiger charge is 2.23. The highest BCUT2D eigenvalue weighted by atomic mass is 16.5. The van der Waals surface area contributed by atoms with Crippen molar-refractivity contribution in [2.45, 2.75) is 46.3 Å². The van der Waals surface area contributed by atoms with Gasteiger partial charge in [0.05, 0.1) is 6.61 Å². The van der Waals surface area contributed by atoms with E-state index in [0.717, 1.165) is 42.5 Å². The molecule has 0 saturated carbocycles. The molecular weight excluding hydrogens is 340 g/mol. The molecule has 0 bridgehead atoms. The Bertz CT molecular complexity index is 662. The van der Waals surface area contributed by atoms with Gasteiger partial charge in [-0.3, -0.25) is 4.99 Å². The number of nitrogens with one attached hydrogen (secondary N) is 2. The molecule has 0 spiro atoms. The lowest BCUT2D eigenvalue weighted by Crippen LogP contribution is -2.40. The minimum Gasteiger partial charge on any atom is -0.494 e. The van der Waals surface area contributed by atoms with Gasteiger partial charge < -0.3 is 25.0 Å². The molecule has 6 heteroatoms. The van der Waals surface area contributed by atoms with Crippen LogP contribution in [0.3, 0.4) is 0 Å². The molecule has 0 radical (unpaired) electrons. The van der Waals surface area contributed by atoms with E-state index in [1.54, 1.807) is 0 Å². The lowest BCUT2D eigenvalue weighted by molar-refractivity contribution is 0.254. The Kier molecular flexibility index (Phi) is 6.83. The number of guanidine groups is 1. The van der Waals surface area contributed by atoms with Gasteiger partial charge in [-0.25, -0.2) is 0 Å². The molecular formula is C21H34N4O2. The van der Waals surface area contributed by atoms with E-state index in [9.17, 15) is 0 Å². The number of rotatable bonds is 7. The predicted molar refractivity (Wildman–Crippen MR) is 110 cm³/mol. The summed E-state index contributed by atoms with van der Waals surface area (Å²) in [6, 6.07) is 4.24. The summed E-state index contributed by atoms with van der Waals surface area (Å²) in [5, 5.41) is 6.90. The number of likely N-dealkylation sites (tertiary alicyclic amines) is 1. The van der Waals surface area contributed by atoms with Crippen molar-refractivity contribution in [1.82, 2.24) is 15.5 Å². The molecule has 1 aromatic rings. The van der Waals surface area contributed by atoms with Gasteiger partial charge in [-0.05, 0) is 51.4 Å².